The summed E-state index contributed by atoms with van der Waals surface area (Å²) in [6.45, 7) is 12.2. The van der Waals surface area contributed by atoms with Crippen molar-refractivity contribution in [2.24, 2.45) is 0 Å². The second-order valence-electron chi connectivity index (χ2n) is 6.77. The van der Waals surface area contributed by atoms with Crippen LogP contribution in [0.2, 0.25) is 0 Å². The van der Waals surface area contributed by atoms with Gasteiger partial charge in [-0.15, -0.1) is 0 Å². The Labute approximate surface area is 164 Å². The van der Waals surface area contributed by atoms with Crippen LogP contribution in [0, 0.1) is 31.8 Å². The molecule has 4 aromatic rings. The minimum Gasteiger partial charge on any atom is -0.343 e. The summed E-state index contributed by atoms with van der Waals surface area (Å²) in [7, 11) is 0. The fraction of sp³-hybridized carbons (Fsp3) is 0.125. The van der Waals surface area contributed by atoms with E-state index in [0.717, 1.165) is 38.9 Å². The third-order valence-corrected chi connectivity index (χ3v) is 5.25. The van der Waals surface area contributed by atoms with Crippen LogP contribution in [0.15, 0.2) is 60.9 Å². The normalized spacial score (nSPS) is 10.6. The van der Waals surface area contributed by atoms with Crippen LogP contribution in [0.5, 0.6) is 0 Å². The molecule has 0 unspecified atom stereocenters. The average molecular weight is 362 g/mol. The molecule has 0 aliphatic heterocycles. The number of nitrogens with zero attached hydrogens (tertiary/aromatic N) is 4. The van der Waals surface area contributed by atoms with E-state index in [-0.39, 0.29) is 0 Å². The first-order valence-corrected chi connectivity index (χ1v) is 9.04. The van der Waals surface area contributed by atoms with Crippen molar-refractivity contribution in [3.63, 3.8) is 0 Å². The topological polar surface area (TPSA) is 46.0 Å². The Kier molecular flexibility index (Phi) is 4.39. The minimum absolute atomic E-state index is 0.627. The summed E-state index contributed by atoms with van der Waals surface area (Å²) >= 11 is 0. The molecule has 4 nitrogen and oxygen atoms in total. The van der Waals surface area contributed by atoms with Crippen LogP contribution in [0.1, 0.15) is 22.5 Å². The number of benzene rings is 2. The Morgan fingerprint density at radius 3 is 2.50 bits per heavy atom. The van der Waals surface area contributed by atoms with Gasteiger partial charge in [0, 0.05) is 35.9 Å². The van der Waals surface area contributed by atoms with E-state index in [1.807, 2.05) is 61.7 Å². The van der Waals surface area contributed by atoms with Crippen molar-refractivity contribution in [1.29, 1.82) is 5.26 Å². The molecule has 0 saturated carbocycles. The summed E-state index contributed by atoms with van der Waals surface area (Å²) in [5, 5.41) is 11.8. The van der Waals surface area contributed by atoms with Crippen LogP contribution >= 0.6 is 0 Å². The number of hydrogen-bond donors (Lipinski definition) is 0. The Morgan fingerprint density at radius 1 is 1.04 bits per heavy atom. The van der Waals surface area contributed by atoms with Crippen LogP contribution in [0.3, 0.4) is 0 Å². The molecule has 0 radical (unpaired) electrons. The maximum absolute atomic E-state index is 9.91. The zero-order valence-electron chi connectivity index (χ0n) is 15.8. The lowest BCUT2D eigenvalue weighted by Gasteiger charge is -2.11. The van der Waals surface area contributed by atoms with E-state index in [0.29, 0.717) is 17.8 Å². The monoisotopic (exact) mass is 362 g/mol. The third-order valence-electron chi connectivity index (χ3n) is 5.25. The van der Waals surface area contributed by atoms with Crippen molar-refractivity contribution in [1.82, 2.24) is 9.55 Å². The number of hydrogen-bond acceptors (Lipinski definition) is 2. The number of nitriles is 1. The molecule has 28 heavy (non-hydrogen) atoms. The lowest BCUT2D eigenvalue weighted by atomic mass is 9.94. The second-order valence-corrected chi connectivity index (χ2v) is 6.77. The van der Waals surface area contributed by atoms with Crippen LogP contribution < -0.4 is 0 Å². The number of pyridine rings is 1. The molecule has 4 rings (SSSR count). The lowest BCUT2D eigenvalue weighted by Crippen LogP contribution is -2.04. The molecule has 2 heterocycles. The minimum atomic E-state index is 0.627. The van der Waals surface area contributed by atoms with Gasteiger partial charge in [0.15, 0.2) is 5.69 Å². The van der Waals surface area contributed by atoms with Crippen LogP contribution in [0.4, 0.5) is 5.69 Å². The highest BCUT2D eigenvalue weighted by Gasteiger charge is 2.21. The van der Waals surface area contributed by atoms with E-state index < -0.39 is 0 Å². The van der Waals surface area contributed by atoms with Gasteiger partial charge in [0.2, 0.25) is 0 Å². The summed E-state index contributed by atoms with van der Waals surface area (Å²) < 4.78 is 2.17. The Balaban J connectivity index is 1.98. The maximum atomic E-state index is 9.91. The lowest BCUT2D eigenvalue weighted by molar-refractivity contribution is 0.746. The molecular weight excluding hydrogens is 344 g/mol. The van der Waals surface area contributed by atoms with Gasteiger partial charge in [0.1, 0.15) is 6.07 Å². The van der Waals surface area contributed by atoms with Gasteiger partial charge < -0.3 is 4.57 Å². The van der Waals surface area contributed by atoms with Gasteiger partial charge >= 0.3 is 0 Å². The quantitative estimate of drug-likeness (QED) is 0.433. The molecule has 134 valence electrons. The Morgan fingerprint density at radius 2 is 1.82 bits per heavy atom. The van der Waals surface area contributed by atoms with Crippen molar-refractivity contribution in [2.75, 3.05) is 0 Å². The maximum Gasteiger partial charge on any atom is 0.194 e. The SMILES string of the molecule is [C-]#[N+]c1ccc(-c2c(C#N)c(C)n(Cc3cccnc3)c2C)c2ccccc12. The molecular formula is C24H18N4. The zero-order valence-corrected chi connectivity index (χ0v) is 15.8. The predicted molar refractivity (Wildman–Crippen MR) is 111 cm³/mol. The average Bonchev–Trinajstić information content (AvgIpc) is 2.97. The fourth-order valence-corrected chi connectivity index (χ4v) is 3.86. The molecule has 0 spiro atoms. The summed E-state index contributed by atoms with van der Waals surface area (Å²) in [6, 6.07) is 18.1. The highest BCUT2D eigenvalue weighted by molar-refractivity contribution is 6.05. The highest BCUT2D eigenvalue weighted by Crippen LogP contribution is 2.39. The molecule has 0 saturated heterocycles. The molecule has 0 N–H and O–H groups in total. The summed E-state index contributed by atoms with van der Waals surface area (Å²) in [4.78, 5) is 7.85. The van der Waals surface area contributed by atoms with Gasteiger partial charge in [-0.25, -0.2) is 4.85 Å². The Bertz CT molecular complexity index is 1270. The van der Waals surface area contributed by atoms with Gasteiger partial charge in [-0.3, -0.25) is 4.98 Å². The van der Waals surface area contributed by atoms with Gasteiger partial charge in [-0.2, -0.15) is 5.26 Å². The largest absolute Gasteiger partial charge is 0.343 e. The predicted octanol–water partition coefficient (Wildman–Crippen LogP) is 5.79. The van der Waals surface area contributed by atoms with Crippen molar-refractivity contribution < 1.29 is 0 Å². The van der Waals surface area contributed by atoms with Gasteiger partial charge in [0.05, 0.1) is 12.1 Å². The summed E-state index contributed by atoms with van der Waals surface area (Å²) in [6.07, 6.45) is 3.61. The highest BCUT2D eigenvalue weighted by atomic mass is 15.0. The molecule has 4 heteroatoms. The summed E-state index contributed by atoms with van der Waals surface area (Å²) in [5.41, 5.74) is 6.31. The number of aromatic nitrogens is 2. The van der Waals surface area contributed by atoms with Crippen LogP contribution in [0.25, 0.3) is 26.7 Å². The van der Waals surface area contributed by atoms with E-state index >= 15 is 0 Å². The van der Waals surface area contributed by atoms with Gasteiger partial charge in [-0.05, 0) is 41.8 Å². The van der Waals surface area contributed by atoms with Crippen LogP contribution in [-0.2, 0) is 6.54 Å². The van der Waals surface area contributed by atoms with Gasteiger partial charge in [-0.1, -0.05) is 42.5 Å². The molecule has 0 aliphatic rings. The second kappa shape index (κ2) is 7.02. The molecule has 0 amide bonds. The number of fused-ring (bicyclic) bond motifs is 1. The van der Waals surface area contributed by atoms with Crippen LogP contribution in [-0.4, -0.2) is 9.55 Å². The zero-order chi connectivity index (χ0) is 19.7. The van der Waals surface area contributed by atoms with Crippen molar-refractivity contribution >= 4 is 16.5 Å². The molecule has 2 aromatic heterocycles. The standard InChI is InChI=1S/C24H18N4/c1-16-22(13-25)24(17(2)28(16)15-18-7-6-12-27-14-18)21-10-11-23(26-3)20-9-5-4-8-19(20)21/h4-12,14H,15H2,1-2H3. The number of rotatable bonds is 3. The van der Waals surface area contributed by atoms with E-state index in [1.165, 1.54) is 0 Å². The summed E-state index contributed by atoms with van der Waals surface area (Å²) in [5.74, 6) is 0. The van der Waals surface area contributed by atoms with E-state index in [4.69, 9.17) is 6.57 Å². The molecule has 0 atom stereocenters. The van der Waals surface area contributed by atoms with Gasteiger partial charge in [0.25, 0.3) is 0 Å². The smallest absolute Gasteiger partial charge is 0.194 e. The first-order chi connectivity index (χ1) is 13.7. The molecule has 0 aliphatic carbocycles. The third kappa shape index (κ3) is 2.73. The van der Waals surface area contributed by atoms with E-state index in [1.54, 1.807) is 6.20 Å². The van der Waals surface area contributed by atoms with Crippen molar-refractivity contribution in [2.45, 2.75) is 20.4 Å². The van der Waals surface area contributed by atoms with Crippen molar-refractivity contribution in [3.8, 4) is 17.2 Å². The van der Waals surface area contributed by atoms with E-state index in [9.17, 15) is 5.26 Å². The fourth-order valence-electron chi connectivity index (χ4n) is 3.86. The molecule has 0 fully saturated rings. The first kappa shape index (κ1) is 17.5. The molecule has 0 bridgehead atoms. The van der Waals surface area contributed by atoms with Crippen molar-refractivity contribution in [3.05, 3.63) is 94.9 Å². The van der Waals surface area contributed by atoms with E-state index in [2.05, 4.69) is 27.4 Å². The Hall–Kier alpha value is -3.89. The first-order valence-electron chi connectivity index (χ1n) is 9.04. The molecule has 2 aromatic carbocycles.